The molecule has 1 aliphatic rings. The molecule has 1 amide bonds. The zero-order chi connectivity index (χ0) is 12.5. The van der Waals surface area contributed by atoms with Gasteiger partial charge in [-0.1, -0.05) is 26.7 Å². The third-order valence-corrected chi connectivity index (χ3v) is 4.04. The van der Waals surface area contributed by atoms with Gasteiger partial charge in [0.25, 0.3) is 5.91 Å². The van der Waals surface area contributed by atoms with Crippen molar-refractivity contribution >= 4 is 21.8 Å². The van der Waals surface area contributed by atoms with Crippen molar-refractivity contribution in [3.8, 4) is 0 Å². The van der Waals surface area contributed by atoms with Crippen LogP contribution in [0.3, 0.4) is 0 Å². The molecule has 0 aliphatic heterocycles. The fraction of sp³-hybridized carbons (Fsp3) is 0.615. The fourth-order valence-electron chi connectivity index (χ4n) is 2.43. The molecule has 1 aromatic rings. The Hall–Kier alpha value is -0.770. The lowest BCUT2D eigenvalue weighted by Gasteiger charge is -2.38. The van der Waals surface area contributed by atoms with E-state index in [-0.39, 0.29) is 17.4 Å². The number of amides is 1. The summed E-state index contributed by atoms with van der Waals surface area (Å²) < 4.78 is 5.85. The molecule has 1 atom stereocenters. The maximum absolute atomic E-state index is 12.0. The Morgan fingerprint density at radius 2 is 2.24 bits per heavy atom. The molecular weight excluding hydrogens is 282 g/mol. The van der Waals surface area contributed by atoms with Crippen molar-refractivity contribution in [2.24, 2.45) is 5.41 Å². The largest absolute Gasteiger partial charge is 0.444 e. The summed E-state index contributed by atoms with van der Waals surface area (Å²) in [5.74, 6) is 0.258. The Balaban J connectivity index is 2.03. The van der Waals surface area contributed by atoms with Crippen LogP contribution in [0.5, 0.6) is 0 Å². The van der Waals surface area contributed by atoms with Crippen molar-refractivity contribution < 1.29 is 9.21 Å². The molecule has 4 heteroatoms. The lowest BCUT2D eigenvalue weighted by atomic mass is 9.73. The minimum atomic E-state index is -0.115. The van der Waals surface area contributed by atoms with E-state index in [9.17, 15) is 4.79 Å². The fourth-order valence-corrected chi connectivity index (χ4v) is 2.73. The van der Waals surface area contributed by atoms with Gasteiger partial charge in [-0.15, -0.1) is 0 Å². The zero-order valence-electron chi connectivity index (χ0n) is 10.3. The summed E-state index contributed by atoms with van der Waals surface area (Å²) in [6, 6.07) is 3.67. The van der Waals surface area contributed by atoms with Gasteiger partial charge in [0.1, 0.15) is 0 Å². The molecule has 17 heavy (non-hydrogen) atoms. The number of furan rings is 1. The first-order valence-electron chi connectivity index (χ1n) is 6.05. The van der Waals surface area contributed by atoms with Crippen molar-refractivity contribution in [2.75, 3.05) is 0 Å². The third-order valence-electron chi connectivity index (χ3n) is 3.61. The van der Waals surface area contributed by atoms with E-state index in [1.165, 1.54) is 19.3 Å². The Morgan fingerprint density at radius 1 is 1.47 bits per heavy atom. The number of halogens is 1. The van der Waals surface area contributed by atoms with Crippen molar-refractivity contribution in [1.29, 1.82) is 0 Å². The number of nitrogens with one attached hydrogen (secondary N) is 1. The van der Waals surface area contributed by atoms with Crippen LogP contribution < -0.4 is 5.32 Å². The van der Waals surface area contributed by atoms with E-state index in [0.29, 0.717) is 10.4 Å². The Labute approximate surface area is 110 Å². The van der Waals surface area contributed by atoms with E-state index in [1.54, 1.807) is 12.1 Å². The molecule has 1 N–H and O–H groups in total. The number of carbonyl (C=O) groups excluding carboxylic acids is 1. The first-order chi connectivity index (χ1) is 7.99. The standard InChI is InChI=1S/C13H18BrNO2/c1-13(2)8-4-3-5-10(13)15-12(16)9-6-7-11(14)17-9/h6-7,10H,3-5,8H2,1-2H3,(H,15,16). The quantitative estimate of drug-likeness (QED) is 0.904. The van der Waals surface area contributed by atoms with Crippen LogP contribution in [0.15, 0.2) is 21.2 Å². The van der Waals surface area contributed by atoms with Crippen LogP contribution in [0.2, 0.25) is 0 Å². The van der Waals surface area contributed by atoms with Crippen LogP contribution in [0, 0.1) is 5.41 Å². The highest BCUT2D eigenvalue weighted by Crippen LogP contribution is 2.35. The normalized spacial score (nSPS) is 23.4. The Bertz CT molecular complexity index is 411. The van der Waals surface area contributed by atoms with Crippen LogP contribution >= 0.6 is 15.9 Å². The van der Waals surface area contributed by atoms with E-state index in [0.717, 1.165) is 6.42 Å². The van der Waals surface area contributed by atoms with E-state index in [2.05, 4.69) is 35.1 Å². The summed E-state index contributed by atoms with van der Waals surface area (Å²) in [6.45, 7) is 4.43. The molecule has 0 aromatic carbocycles. The summed E-state index contributed by atoms with van der Waals surface area (Å²) in [7, 11) is 0. The van der Waals surface area contributed by atoms with Crippen LogP contribution in [-0.2, 0) is 0 Å². The molecule has 0 spiro atoms. The first-order valence-corrected chi connectivity index (χ1v) is 6.84. The second-order valence-corrected chi connectivity index (χ2v) is 6.15. The van der Waals surface area contributed by atoms with Gasteiger partial charge in [-0.25, -0.2) is 0 Å². The van der Waals surface area contributed by atoms with E-state index in [4.69, 9.17) is 4.42 Å². The monoisotopic (exact) mass is 299 g/mol. The zero-order valence-corrected chi connectivity index (χ0v) is 11.8. The molecule has 1 heterocycles. The second-order valence-electron chi connectivity index (χ2n) is 5.36. The van der Waals surface area contributed by atoms with Crippen molar-refractivity contribution in [2.45, 2.75) is 45.6 Å². The summed E-state index contributed by atoms with van der Waals surface area (Å²) in [6.07, 6.45) is 4.67. The maximum atomic E-state index is 12.0. The summed E-state index contributed by atoms with van der Waals surface area (Å²) in [5.41, 5.74) is 0.178. The van der Waals surface area contributed by atoms with Gasteiger partial charge in [0, 0.05) is 6.04 Å². The van der Waals surface area contributed by atoms with Gasteiger partial charge in [-0.3, -0.25) is 4.79 Å². The highest BCUT2D eigenvalue weighted by Gasteiger charge is 2.33. The average molecular weight is 300 g/mol. The highest BCUT2D eigenvalue weighted by molar-refractivity contribution is 9.10. The molecule has 94 valence electrons. The second kappa shape index (κ2) is 4.84. The molecule has 0 saturated heterocycles. The molecular formula is C13H18BrNO2. The highest BCUT2D eigenvalue weighted by atomic mass is 79.9. The minimum absolute atomic E-state index is 0.115. The maximum Gasteiger partial charge on any atom is 0.287 e. The number of rotatable bonds is 2. The Kier molecular flexibility index (Phi) is 3.61. The van der Waals surface area contributed by atoms with E-state index < -0.39 is 0 Å². The van der Waals surface area contributed by atoms with Gasteiger partial charge in [0.2, 0.25) is 0 Å². The predicted molar refractivity (Wildman–Crippen MR) is 69.9 cm³/mol. The van der Waals surface area contributed by atoms with Crippen molar-refractivity contribution in [3.05, 3.63) is 22.6 Å². The molecule has 1 fully saturated rings. The molecule has 0 bridgehead atoms. The summed E-state index contributed by atoms with van der Waals surface area (Å²) in [4.78, 5) is 12.0. The summed E-state index contributed by atoms with van der Waals surface area (Å²) >= 11 is 3.20. The lowest BCUT2D eigenvalue weighted by Crippen LogP contribution is -2.46. The molecule has 1 aliphatic carbocycles. The smallest absolute Gasteiger partial charge is 0.287 e. The SMILES string of the molecule is CC1(C)CCCCC1NC(=O)c1ccc(Br)o1. The van der Waals surface area contributed by atoms with Gasteiger partial charge < -0.3 is 9.73 Å². The van der Waals surface area contributed by atoms with Gasteiger partial charge in [-0.2, -0.15) is 0 Å². The molecule has 1 saturated carbocycles. The van der Waals surface area contributed by atoms with Crippen LogP contribution in [0.4, 0.5) is 0 Å². The van der Waals surface area contributed by atoms with Gasteiger partial charge in [0.05, 0.1) is 0 Å². The lowest BCUT2D eigenvalue weighted by molar-refractivity contribution is 0.0824. The van der Waals surface area contributed by atoms with Gasteiger partial charge in [-0.05, 0) is 46.3 Å². The number of carbonyl (C=O) groups is 1. The summed E-state index contributed by atoms with van der Waals surface area (Å²) in [5, 5.41) is 3.09. The molecule has 0 radical (unpaired) electrons. The van der Waals surface area contributed by atoms with Crippen molar-refractivity contribution in [3.63, 3.8) is 0 Å². The van der Waals surface area contributed by atoms with Gasteiger partial charge >= 0.3 is 0 Å². The Morgan fingerprint density at radius 3 is 2.82 bits per heavy atom. The van der Waals surface area contributed by atoms with E-state index >= 15 is 0 Å². The van der Waals surface area contributed by atoms with Crippen molar-refractivity contribution in [1.82, 2.24) is 5.32 Å². The van der Waals surface area contributed by atoms with Gasteiger partial charge in [0.15, 0.2) is 10.4 Å². The minimum Gasteiger partial charge on any atom is -0.444 e. The molecule has 3 nitrogen and oxygen atoms in total. The number of hydrogen-bond donors (Lipinski definition) is 1. The molecule has 2 rings (SSSR count). The van der Waals surface area contributed by atoms with E-state index in [1.807, 2.05) is 0 Å². The topological polar surface area (TPSA) is 42.2 Å². The van der Waals surface area contributed by atoms with Crippen LogP contribution in [0.1, 0.15) is 50.1 Å². The third kappa shape index (κ3) is 2.92. The van der Waals surface area contributed by atoms with Crippen LogP contribution in [0.25, 0.3) is 0 Å². The predicted octanol–water partition coefficient (Wildman–Crippen LogP) is 3.74. The molecule has 1 aromatic heterocycles. The number of hydrogen-bond acceptors (Lipinski definition) is 2. The molecule has 1 unspecified atom stereocenters. The average Bonchev–Trinajstić information content (AvgIpc) is 2.68. The first kappa shape index (κ1) is 12.7. The van der Waals surface area contributed by atoms with Crippen LogP contribution in [-0.4, -0.2) is 11.9 Å².